The number of urea groups is 1. The molecule has 30 heavy (non-hydrogen) atoms. The summed E-state index contributed by atoms with van der Waals surface area (Å²) in [5.41, 5.74) is 4.07. The van der Waals surface area contributed by atoms with E-state index < -0.39 is 12.1 Å². The van der Waals surface area contributed by atoms with Crippen LogP contribution in [0.2, 0.25) is 0 Å². The SMILES string of the molecule is Cc1cccc(COc2ccc(Sc3ccncc3C3NC(=O)NC3=O)c(C)c2)c1. The normalized spacial score (nSPS) is 15.6. The van der Waals surface area contributed by atoms with E-state index in [9.17, 15) is 9.59 Å². The van der Waals surface area contributed by atoms with Crippen molar-refractivity contribution >= 4 is 23.7 Å². The molecule has 1 unspecified atom stereocenters. The van der Waals surface area contributed by atoms with E-state index in [1.807, 2.05) is 43.3 Å². The standard InChI is InChI=1S/C23H21N3O3S/c1-14-4-3-5-16(10-14)13-29-17-6-7-19(15(2)11-17)30-20-8-9-24-12-18(20)21-22(27)26-23(28)25-21/h3-12,21H,13H2,1-2H3,(H2,25,26,27,28). The minimum absolute atomic E-state index is 0.369. The molecule has 3 aromatic rings. The molecule has 3 amide bonds. The lowest BCUT2D eigenvalue weighted by molar-refractivity contribution is -0.120. The molecule has 0 bridgehead atoms. The lowest BCUT2D eigenvalue weighted by atomic mass is 10.1. The Morgan fingerprint density at radius 2 is 1.93 bits per heavy atom. The first kappa shape index (κ1) is 20.0. The Hall–Kier alpha value is -3.32. The molecule has 1 atom stereocenters. The first-order valence-electron chi connectivity index (χ1n) is 9.52. The van der Waals surface area contributed by atoms with Crippen LogP contribution in [0.25, 0.3) is 0 Å². The van der Waals surface area contributed by atoms with Gasteiger partial charge in [0.1, 0.15) is 18.4 Å². The van der Waals surface area contributed by atoms with Crippen molar-refractivity contribution < 1.29 is 14.3 Å². The van der Waals surface area contributed by atoms with Crippen molar-refractivity contribution in [2.45, 2.75) is 36.3 Å². The molecule has 0 saturated carbocycles. The number of benzene rings is 2. The predicted octanol–water partition coefficient (Wildman–Crippen LogP) is 4.31. The summed E-state index contributed by atoms with van der Waals surface area (Å²) < 4.78 is 5.94. The molecule has 1 saturated heterocycles. The number of pyridine rings is 1. The summed E-state index contributed by atoms with van der Waals surface area (Å²) in [6.07, 6.45) is 3.29. The number of hydrogen-bond donors (Lipinski definition) is 2. The van der Waals surface area contributed by atoms with E-state index in [0.717, 1.165) is 26.7 Å². The highest BCUT2D eigenvalue weighted by molar-refractivity contribution is 7.99. The summed E-state index contributed by atoms with van der Waals surface area (Å²) in [6.45, 7) is 4.60. The summed E-state index contributed by atoms with van der Waals surface area (Å²) in [7, 11) is 0. The van der Waals surface area contributed by atoms with Crippen molar-refractivity contribution in [3.8, 4) is 5.75 Å². The summed E-state index contributed by atoms with van der Waals surface area (Å²) >= 11 is 1.53. The average molecular weight is 420 g/mol. The largest absolute Gasteiger partial charge is 0.489 e. The third-order valence-corrected chi connectivity index (χ3v) is 6.02. The van der Waals surface area contributed by atoms with Gasteiger partial charge in [-0.3, -0.25) is 15.1 Å². The fourth-order valence-corrected chi connectivity index (χ4v) is 4.26. The molecule has 0 aliphatic carbocycles. The summed E-state index contributed by atoms with van der Waals surface area (Å²) in [5, 5.41) is 4.90. The number of aryl methyl sites for hydroxylation is 2. The maximum Gasteiger partial charge on any atom is 0.322 e. The molecule has 6 nitrogen and oxygen atoms in total. The van der Waals surface area contributed by atoms with Gasteiger partial charge >= 0.3 is 6.03 Å². The smallest absolute Gasteiger partial charge is 0.322 e. The topological polar surface area (TPSA) is 80.3 Å². The van der Waals surface area contributed by atoms with Crippen LogP contribution < -0.4 is 15.4 Å². The van der Waals surface area contributed by atoms with Crippen LogP contribution in [0.4, 0.5) is 4.79 Å². The molecular formula is C23H21N3O3S. The Bertz CT molecular complexity index is 1120. The summed E-state index contributed by atoms with van der Waals surface area (Å²) in [6, 6.07) is 14.8. The molecule has 2 heterocycles. The number of carbonyl (C=O) groups is 2. The van der Waals surface area contributed by atoms with Crippen LogP contribution in [-0.2, 0) is 11.4 Å². The third kappa shape index (κ3) is 4.46. The monoisotopic (exact) mass is 419 g/mol. The van der Waals surface area contributed by atoms with Gasteiger partial charge in [-0.05, 0) is 49.2 Å². The van der Waals surface area contributed by atoms with Crippen molar-refractivity contribution in [3.63, 3.8) is 0 Å². The zero-order chi connectivity index (χ0) is 21.1. The average Bonchev–Trinajstić information content (AvgIpc) is 3.06. The van der Waals surface area contributed by atoms with Gasteiger partial charge in [0.2, 0.25) is 0 Å². The molecule has 0 spiro atoms. The van der Waals surface area contributed by atoms with E-state index >= 15 is 0 Å². The number of hydrogen-bond acceptors (Lipinski definition) is 5. The molecule has 1 aromatic heterocycles. The summed E-state index contributed by atoms with van der Waals surface area (Å²) in [5.74, 6) is 0.433. The van der Waals surface area contributed by atoms with E-state index in [1.165, 1.54) is 17.3 Å². The Kier molecular flexibility index (Phi) is 5.72. The third-order valence-electron chi connectivity index (χ3n) is 4.75. The summed E-state index contributed by atoms with van der Waals surface area (Å²) in [4.78, 5) is 29.6. The lowest BCUT2D eigenvalue weighted by Gasteiger charge is -2.14. The van der Waals surface area contributed by atoms with Crippen LogP contribution in [0.5, 0.6) is 5.75 Å². The van der Waals surface area contributed by atoms with Crippen LogP contribution in [0.15, 0.2) is 70.7 Å². The fourth-order valence-electron chi connectivity index (χ4n) is 3.25. The predicted molar refractivity (Wildman–Crippen MR) is 114 cm³/mol. The number of carbonyl (C=O) groups excluding carboxylic acids is 2. The minimum atomic E-state index is -0.731. The number of rotatable bonds is 6. The van der Waals surface area contributed by atoms with Crippen molar-refractivity contribution in [3.05, 3.63) is 83.2 Å². The Balaban J connectivity index is 1.49. The number of amides is 3. The maximum absolute atomic E-state index is 12.1. The van der Waals surface area contributed by atoms with Gasteiger partial charge in [0.05, 0.1) is 0 Å². The first-order chi connectivity index (χ1) is 14.5. The van der Waals surface area contributed by atoms with Crippen LogP contribution in [0, 0.1) is 13.8 Å². The maximum atomic E-state index is 12.1. The molecule has 0 radical (unpaired) electrons. The number of aromatic nitrogens is 1. The molecule has 1 aliphatic heterocycles. The van der Waals surface area contributed by atoms with Crippen LogP contribution in [-0.4, -0.2) is 16.9 Å². The number of ether oxygens (including phenoxy) is 1. The van der Waals surface area contributed by atoms with Gasteiger partial charge in [-0.15, -0.1) is 0 Å². The van der Waals surface area contributed by atoms with Gasteiger partial charge in [-0.1, -0.05) is 41.6 Å². The second kappa shape index (κ2) is 8.59. The molecule has 1 aliphatic rings. The quantitative estimate of drug-likeness (QED) is 0.582. The molecular weight excluding hydrogens is 398 g/mol. The van der Waals surface area contributed by atoms with E-state index in [2.05, 4.69) is 34.7 Å². The zero-order valence-electron chi connectivity index (χ0n) is 16.6. The van der Waals surface area contributed by atoms with Gasteiger partial charge in [-0.2, -0.15) is 0 Å². The van der Waals surface area contributed by atoms with Crippen LogP contribution in [0.1, 0.15) is 28.3 Å². The second-order valence-corrected chi connectivity index (χ2v) is 8.20. The van der Waals surface area contributed by atoms with Gasteiger partial charge in [-0.25, -0.2) is 4.79 Å². The van der Waals surface area contributed by atoms with Crippen molar-refractivity contribution in [2.24, 2.45) is 0 Å². The van der Waals surface area contributed by atoms with E-state index in [4.69, 9.17) is 4.74 Å². The highest BCUT2D eigenvalue weighted by Crippen LogP contribution is 2.36. The molecule has 2 aromatic carbocycles. The number of nitrogens with zero attached hydrogens (tertiary/aromatic N) is 1. The van der Waals surface area contributed by atoms with E-state index in [0.29, 0.717) is 12.2 Å². The van der Waals surface area contributed by atoms with Gasteiger partial charge in [0.15, 0.2) is 0 Å². The van der Waals surface area contributed by atoms with Crippen LogP contribution >= 0.6 is 11.8 Å². The van der Waals surface area contributed by atoms with Crippen molar-refractivity contribution in [1.29, 1.82) is 0 Å². The molecule has 4 rings (SSSR count). The van der Waals surface area contributed by atoms with E-state index in [-0.39, 0.29) is 5.91 Å². The molecule has 7 heteroatoms. The Morgan fingerprint density at radius 1 is 1.07 bits per heavy atom. The highest BCUT2D eigenvalue weighted by atomic mass is 32.2. The van der Waals surface area contributed by atoms with Crippen LogP contribution in [0.3, 0.4) is 0 Å². The minimum Gasteiger partial charge on any atom is -0.489 e. The molecule has 2 N–H and O–H groups in total. The second-order valence-electron chi connectivity index (χ2n) is 7.12. The molecule has 1 fully saturated rings. The van der Waals surface area contributed by atoms with Crippen molar-refractivity contribution in [2.75, 3.05) is 0 Å². The highest BCUT2D eigenvalue weighted by Gasteiger charge is 2.32. The Labute approximate surface area is 179 Å². The Morgan fingerprint density at radius 3 is 2.67 bits per heavy atom. The van der Waals surface area contributed by atoms with Crippen molar-refractivity contribution in [1.82, 2.24) is 15.6 Å². The van der Waals surface area contributed by atoms with Gasteiger partial charge < -0.3 is 10.1 Å². The fraction of sp³-hybridized carbons (Fsp3) is 0.174. The number of imide groups is 1. The van der Waals surface area contributed by atoms with Gasteiger partial charge in [0.25, 0.3) is 5.91 Å². The molecule has 152 valence electrons. The van der Waals surface area contributed by atoms with Gasteiger partial charge in [0, 0.05) is 27.7 Å². The zero-order valence-corrected chi connectivity index (χ0v) is 17.5. The first-order valence-corrected chi connectivity index (χ1v) is 10.3. The lowest BCUT2D eigenvalue weighted by Crippen LogP contribution is -2.22. The van der Waals surface area contributed by atoms with E-state index in [1.54, 1.807) is 12.4 Å². The number of nitrogens with one attached hydrogen (secondary N) is 2.